The lowest BCUT2D eigenvalue weighted by Gasteiger charge is -2.32. The fraction of sp³-hybridized carbons (Fsp3) is 0.280. The van der Waals surface area contributed by atoms with Gasteiger partial charge in [-0.25, -0.2) is 0 Å². The van der Waals surface area contributed by atoms with E-state index in [9.17, 15) is 4.79 Å². The van der Waals surface area contributed by atoms with Gasteiger partial charge in [0.1, 0.15) is 5.75 Å². The number of carbonyl (C=O) groups excluding carboxylic acids is 1. The summed E-state index contributed by atoms with van der Waals surface area (Å²) < 4.78 is 5.47. The summed E-state index contributed by atoms with van der Waals surface area (Å²) in [4.78, 5) is 19.8. The summed E-state index contributed by atoms with van der Waals surface area (Å²) in [6.45, 7) is 1.53. The molecule has 0 bridgehead atoms. The molecular weight excluding hydrogens is 360 g/mol. The molecule has 1 aliphatic heterocycles. The van der Waals surface area contributed by atoms with Crippen molar-refractivity contribution in [3.05, 3.63) is 95.3 Å². The van der Waals surface area contributed by atoms with Crippen LogP contribution >= 0.6 is 0 Å². The molecule has 2 heterocycles. The molecule has 1 aromatic heterocycles. The number of rotatable bonds is 5. The number of para-hydroxylation sites is 1. The first-order valence-electron chi connectivity index (χ1n) is 10.2. The highest BCUT2D eigenvalue weighted by atomic mass is 16.5. The van der Waals surface area contributed by atoms with Gasteiger partial charge in [0.05, 0.1) is 7.11 Å². The number of likely N-dealkylation sites (tertiary alicyclic amines) is 1. The van der Waals surface area contributed by atoms with Crippen LogP contribution in [0.5, 0.6) is 5.75 Å². The van der Waals surface area contributed by atoms with E-state index < -0.39 is 0 Å². The number of pyridine rings is 1. The molecule has 4 rings (SSSR count). The summed E-state index contributed by atoms with van der Waals surface area (Å²) in [5.74, 6) is 1.27. The Morgan fingerprint density at radius 3 is 2.66 bits per heavy atom. The molecular formula is C25H26N2O2. The molecule has 4 heteroatoms. The number of aromatic nitrogens is 1. The van der Waals surface area contributed by atoms with Gasteiger partial charge in [-0.3, -0.25) is 9.78 Å². The van der Waals surface area contributed by atoms with Gasteiger partial charge in [-0.1, -0.05) is 42.5 Å². The van der Waals surface area contributed by atoms with Gasteiger partial charge < -0.3 is 9.64 Å². The number of hydrogen-bond donors (Lipinski definition) is 0. The van der Waals surface area contributed by atoms with Crippen LogP contribution in [0.1, 0.15) is 46.1 Å². The zero-order valence-electron chi connectivity index (χ0n) is 16.8. The molecule has 148 valence electrons. The standard InChI is InChI=1S/C25H26N2O2/c1-29-24-15-6-5-11-20(24)17-22-13-7-14-23(26-22)21-12-8-16-27(18-21)25(28)19-9-3-2-4-10-19/h2-7,9-11,13-15,21H,8,12,16-18H2,1H3/t21-/m0/s1. The Morgan fingerprint density at radius 1 is 1.03 bits per heavy atom. The molecule has 4 nitrogen and oxygen atoms in total. The van der Waals surface area contributed by atoms with Gasteiger partial charge in [0.15, 0.2) is 0 Å². The van der Waals surface area contributed by atoms with Crippen molar-refractivity contribution in [2.75, 3.05) is 20.2 Å². The van der Waals surface area contributed by atoms with Crippen molar-refractivity contribution in [1.29, 1.82) is 0 Å². The fourth-order valence-corrected chi connectivity index (χ4v) is 4.03. The summed E-state index contributed by atoms with van der Waals surface area (Å²) in [5.41, 5.74) is 3.98. The third kappa shape index (κ3) is 4.48. The second-order valence-corrected chi connectivity index (χ2v) is 7.50. The van der Waals surface area contributed by atoms with E-state index in [1.807, 2.05) is 53.4 Å². The Labute approximate surface area is 172 Å². The third-order valence-corrected chi connectivity index (χ3v) is 5.54. The smallest absolute Gasteiger partial charge is 0.253 e. The average molecular weight is 386 g/mol. The SMILES string of the molecule is COc1ccccc1Cc1cccc([C@H]2CCCN(C(=O)c3ccccc3)C2)n1. The molecule has 0 radical (unpaired) electrons. The van der Waals surface area contributed by atoms with Crippen molar-refractivity contribution < 1.29 is 9.53 Å². The van der Waals surface area contributed by atoms with E-state index in [1.165, 1.54) is 0 Å². The predicted molar refractivity (Wildman–Crippen MR) is 114 cm³/mol. The molecule has 1 saturated heterocycles. The lowest BCUT2D eigenvalue weighted by atomic mass is 9.93. The van der Waals surface area contributed by atoms with E-state index in [4.69, 9.17) is 9.72 Å². The zero-order valence-corrected chi connectivity index (χ0v) is 16.8. The number of ether oxygens (including phenoxy) is 1. The quantitative estimate of drug-likeness (QED) is 0.638. The number of amides is 1. The highest BCUT2D eigenvalue weighted by Crippen LogP contribution is 2.28. The molecule has 3 aromatic rings. The van der Waals surface area contributed by atoms with Crippen LogP contribution < -0.4 is 4.74 Å². The van der Waals surface area contributed by atoms with Crippen LogP contribution in [-0.4, -0.2) is 36.0 Å². The van der Waals surface area contributed by atoms with Crippen molar-refractivity contribution in [3.63, 3.8) is 0 Å². The molecule has 0 N–H and O–H groups in total. The Bertz CT molecular complexity index is 971. The first-order valence-corrected chi connectivity index (χ1v) is 10.2. The Hall–Kier alpha value is -3.14. The van der Waals surface area contributed by atoms with Gasteiger partial charge in [0, 0.05) is 47.9 Å². The normalized spacial score (nSPS) is 16.4. The lowest BCUT2D eigenvalue weighted by Crippen LogP contribution is -2.39. The summed E-state index contributed by atoms with van der Waals surface area (Å²) >= 11 is 0. The number of hydrogen-bond acceptors (Lipinski definition) is 3. The van der Waals surface area contributed by atoms with Crippen LogP contribution in [0, 0.1) is 0 Å². The number of piperidine rings is 1. The van der Waals surface area contributed by atoms with Gasteiger partial charge in [-0.15, -0.1) is 0 Å². The Morgan fingerprint density at radius 2 is 1.83 bits per heavy atom. The van der Waals surface area contributed by atoms with Crippen LogP contribution in [0.4, 0.5) is 0 Å². The maximum atomic E-state index is 12.8. The summed E-state index contributed by atoms with van der Waals surface area (Å²) in [6.07, 6.45) is 2.79. The molecule has 0 aliphatic carbocycles. The van der Waals surface area contributed by atoms with E-state index in [2.05, 4.69) is 24.3 Å². The topological polar surface area (TPSA) is 42.4 Å². The molecule has 0 spiro atoms. The first kappa shape index (κ1) is 19.2. The molecule has 1 amide bonds. The minimum Gasteiger partial charge on any atom is -0.496 e. The van der Waals surface area contributed by atoms with E-state index in [0.717, 1.165) is 60.6 Å². The minimum absolute atomic E-state index is 0.112. The van der Waals surface area contributed by atoms with Crippen molar-refractivity contribution in [2.24, 2.45) is 0 Å². The third-order valence-electron chi connectivity index (χ3n) is 5.54. The average Bonchev–Trinajstić information content (AvgIpc) is 2.80. The molecule has 0 unspecified atom stereocenters. The number of carbonyl (C=O) groups is 1. The number of benzene rings is 2. The second-order valence-electron chi connectivity index (χ2n) is 7.50. The van der Waals surface area contributed by atoms with Crippen LogP contribution in [-0.2, 0) is 6.42 Å². The van der Waals surface area contributed by atoms with E-state index in [1.54, 1.807) is 7.11 Å². The van der Waals surface area contributed by atoms with E-state index >= 15 is 0 Å². The highest BCUT2D eigenvalue weighted by molar-refractivity contribution is 5.94. The van der Waals surface area contributed by atoms with Crippen LogP contribution in [0.25, 0.3) is 0 Å². The zero-order chi connectivity index (χ0) is 20.1. The van der Waals surface area contributed by atoms with Crippen molar-refractivity contribution in [2.45, 2.75) is 25.2 Å². The van der Waals surface area contributed by atoms with Crippen LogP contribution in [0.3, 0.4) is 0 Å². The van der Waals surface area contributed by atoms with Gasteiger partial charge in [-0.2, -0.15) is 0 Å². The number of methoxy groups -OCH3 is 1. The highest BCUT2D eigenvalue weighted by Gasteiger charge is 2.26. The molecule has 1 fully saturated rings. The molecule has 29 heavy (non-hydrogen) atoms. The summed E-state index contributed by atoms with van der Waals surface area (Å²) in [7, 11) is 1.70. The van der Waals surface area contributed by atoms with E-state index in [-0.39, 0.29) is 11.8 Å². The largest absolute Gasteiger partial charge is 0.496 e. The number of nitrogens with zero attached hydrogens (tertiary/aromatic N) is 2. The van der Waals surface area contributed by atoms with Crippen molar-refractivity contribution >= 4 is 5.91 Å². The van der Waals surface area contributed by atoms with Crippen LogP contribution in [0.2, 0.25) is 0 Å². The Kier molecular flexibility index (Phi) is 5.89. The van der Waals surface area contributed by atoms with Gasteiger partial charge in [-0.05, 0) is 43.2 Å². The van der Waals surface area contributed by atoms with E-state index in [0.29, 0.717) is 0 Å². The minimum atomic E-state index is 0.112. The predicted octanol–water partition coefficient (Wildman–Crippen LogP) is 4.70. The van der Waals surface area contributed by atoms with Crippen molar-refractivity contribution in [1.82, 2.24) is 9.88 Å². The van der Waals surface area contributed by atoms with Crippen molar-refractivity contribution in [3.8, 4) is 5.75 Å². The first-order chi connectivity index (χ1) is 14.2. The Balaban J connectivity index is 1.50. The molecule has 0 saturated carbocycles. The van der Waals surface area contributed by atoms with Gasteiger partial charge in [0.25, 0.3) is 5.91 Å². The molecule has 2 aromatic carbocycles. The summed E-state index contributed by atoms with van der Waals surface area (Å²) in [5, 5.41) is 0. The molecule has 1 atom stereocenters. The maximum absolute atomic E-state index is 12.8. The van der Waals surface area contributed by atoms with Crippen LogP contribution in [0.15, 0.2) is 72.8 Å². The van der Waals surface area contributed by atoms with Gasteiger partial charge in [0.2, 0.25) is 0 Å². The fourth-order valence-electron chi connectivity index (χ4n) is 4.03. The van der Waals surface area contributed by atoms with Gasteiger partial charge >= 0.3 is 0 Å². The lowest BCUT2D eigenvalue weighted by molar-refractivity contribution is 0.0706. The maximum Gasteiger partial charge on any atom is 0.253 e. The monoisotopic (exact) mass is 386 g/mol. The molecule has 1 aliphatic rings. The summed E-state index contributed by atoms with van der Waals surface area (Å²) in [6, 6.07) is 23.8. The second kappa shape index (κ2) is 8.91.